The highest BCUT2D eigenvalue weighted by Crippen LogP contribution is 2.18. The van der Waals surface area contributed by atoms with Crippen molar-refractivity contribution in [3.8, 4) is 0 Å². The van der Waals surface area contributed by atoms with Crippen molar-refractivity contribution in [2.75, 3.05) is 5.75 Å². The number of rotatable bonds is 3. The molecule has 0 radical (unpaired) electrons. The summed E-state index contributed by atoms with van der Waals surface area (Å²) in [6.45, 7) is 0. The van der Waals surface area contributed by atoms with Crippen molar-refractivity contribution >= 4 is 41.1 Å². The van der Waals surface area contributed by atoms with Crippen LogP contribution in [0.2, 0.25) is 0 Å². The third-order valence-corrected chi connectivity index (χ3v) is 2.74. The number of imidazole rings is 1. The third-order valence-electron chi connectivity index (χ3n) is 1.87. The number of aromatic amines is 1. The zero-order chi connectivity index (χ0) is 10.7. The van der Waals surface area contributed by atoms with Gasteiger partial charge in [0.15, 0.2) is 5.16 Å². The van der Waals surface area contributed by atoms with Crippen molar-refractivity contribution < 1.29 is 4.79 Å². The van der Waals surface area contributed by atoms with E-state index in [1.807, 2.05) is 24.3 Å². The second-order valence-corrected chi connectivity index (χ2v) is 3.88. The Bertz CT molecular complexity index is 454. The van der Waals surface area contributed by atoms with Gasteiger partial charge in [0.2, 0.25) is 5.91 Å². The van der Waals surface area contributed by atoms with Gasteiger partial charge in [0.05, 0.1) is 16.8 Å². The number of thioether (sulfide) groups is 1. The molecule has 1 amide bonds. The summed E-state index contributed by atoms with van der Waals surface area (Å²) in [4.78, 5) is 18.3. The summed E-state index contributed by atoms with van der Waals surface area (Å²) < 4.78 is 0. The molecular weight excluding hydrogens is 248 g/mol. The van der Waals surface area contributed by atoms with Gasteiger partial charge in [-0.2, -0.15) is 0 Å². The van der Waals surface area contributed by atoms with E-state index < -0.39 is 0 Å². The molecule has 0 spiro atoms. The van der Waals surface area contributed by atoms with Crippen LogP contribution in [0.3, 0.4) is 0 Å². The fraction of sp³-hybridized carbons (Fsp3) is 0.111. The Hall–Kier alpha value is -1.24. The van der Waals surface area contributed by atoms with Crippen LogP contribution in [0.1, 0.15) is 0 Å². The molecule has 0 aliphatic carbocycles. The number of benzene rings is 1. The van der Waals surface area contributed by atoms with Crippen LogP contribution >= 0.6 is 24.2 Å². The molecule has 5 nitrogen and oxygen atoms in total. The van der Waals surface area contributed by atoms with Gasteiger partial charge in [-0.1, -0.05) is 23.9 Å². The molecule has 0 fully saturated rings. The molecule has 2 aromatic rings. The lowest BCUT2D eigenvalue weighted by Crippen LogP contribution is -2.31. The first-order valence-electron chi connectivity index (χ1n) is 4.36. The molecule has 1 aromatic carbocycles. The van der Waals surface area contributed by atoms with Crippen molar-refractivity contribution in [3.05, 3.63) is 24.3 Å². The number of amides is 1. The number of fused-ring (bicyclic) bond motifs is 1. The van der Waals surface area contributed by atoms with Crippen LogP contribution in [-0.2, 0) is 4.79 Å². The Labute approximate surface area is 103 Å². The SMILES string of the molecule is Cl.NNC(=O)CSc1nc2ccccc2[nH]1. The van der Waals surface area contributed by atoms with Crippen molar-refractivity contribution in [2.45, 2.75) is 5.16 Å². The molecule has 0 atom stereocenters. The molecule has 16 heavy (non-hydrogen) atoms. The predicted molar refractivity (Wildman–Crippen MR) is 66.4 cm³/mol. The quantitative estimate of drug-likeness (QED) is 0.333. The summed E-state index contributed by atoms with van der Waals surface area (Å²) in [7, 11) is 0. The summed E-state index contributed by atoms with van der Waals surface area (Å²) in [5.41, 5.74) is 3.93. The van der Waals surface area contributed by atoms with E-state index >= 15 is 0 Å². The standard InChI is InChI=1S/C9H10N4OS.ClH/c10-13-8(14)5-15-9-11-6-3-1-2-4-7(6)12-9;/h1-4H,5,10H2,(H,11,12)(H,13,14);1H. The number of carbonyl (C=O) groups is 1. The van der Waals surface area contributed by atoms with Gasteiger partial charge in [-0.15, -0.1) is 12.4 Å². The summed E-state index contributed by atoms with van der Waals surface area (Å²) in [5.74, 6) is 5.01. The molecule has 7 heteroatoms. The first kappa shape index (κ1) is 12.8. The van der Waals surface area contributed by atoms with Crippen LogP contribution in [0.15, 0.2) is 29.4 Å². The molecule has 0 aliphatic rings. The van der Waals surface area contributed by atoms with Crippen LogP contribution in [-0.4, -0.2) is 21.6 Å². The summed E-state index contributed by atoms with van der Waals surface area (Å²) in [6.07, 6.45) is 0. The zero-order valence-electron chi connectivity index (χ0n) is 8.27. The van der Waals surface area contributed by atoms with Crippen LogP contribution in [0.5, 0.6) is 0 Å². The number of nitrogens with one attached hydrogen (secondary N) is 2. The van der Waals surface area contributed by atoms with E-state index in [2.05, 4.69) is 15.4 Å². The van der Waals surface area contributed by atoms with Gasteiger partial charge in [-0.05, 0) is 12.1 Å². The lowest BCUT2D eigenvalue weighted by molar-refractivity contribution is -0.118. The van der Waals surface area contributed by atoms with Gasteiger partial charge in [0.25, 0.3) is 0 Å². The number of hydrogen-bond donors (Lipinski definition) is 3. The van der Waals surface area contributed by atoms with Gasteiger partial charge in [0, 0.05) is 0 Å². The Kier molecular flexibility index (Phi) is 4.60. The number of aromatic nitrogens is 2. The molecule has 86 valence electrons. The molecule has 0 bridgehead atoms. The predicted octanol–water partition coefficient (Wildman–Crippen LogP) is 1.07. The Morgan fingerprint density at radius 1 is 1.50 bits per heavy atom. The maximum atomic E-state index is 10.9. The Morgan fingerprint density at radius 3 is 2.94 bits per heavy atom. The molecule has 0 saturated heterocycles. The fourth-order valence-corrected chi connectivity index (χ4v) is 1.87. The minimum Gasteiger partial charge on any atom is -0.333 e. The monoisotopic (exact) mass is 258 g/mol. The smallest absolute Gasteiger partial charge is 0.244 e. The lowest BCUT2D eigenvalue weighted by atomic mass is 10.3. The van der Waals surface area contributed by atoms with Gasteiger partial charge in [0.1, 0.15) is 0 Å². The van der Waals surface area contributed by atoms with Gasteiger partial charge < -0.3 is 4.98 Å². The molecule has 4 N–H and O–H groups in total. The van der Waals surface area contributed by atoms with E-state index in [1.54, 1.807) is 0 Å². The highest BCUT2D eigenvalue weighted by atomic mass is 35.5. The normalized spacial score (nSPS) is 9.81. The first-order chi connectivity index (χ1) is 7.29. The van der Waals surface area contributed by atoms with Crippen LogP contribution < -0.4 is 11.3 Å². The zero-order valence-corrected chi connectivity index (χ0v) is 9.90. The van der Waals surface area contributed by atoms with E-state index in [4.69, 9.17) is 5.84 Å². The minimum absolute atomic E-state index is 0. The molecule has 1 aromatic heterocycles. The summed E-state index contributed by atoms with van der Waals surface area (Å²) in [6, 6.07) is 7.71. The largest absolute Gasteiger partial charge is 0.333 e. The molecule has 1 heterocycles. The number of nitrogens with two attached hydrogens (primary N) is 1. The number of para-hydroxylation sites is 2. The molecule has 0 unspecified atom stereocenters. The molecule has 2 rings (SSSR count). The minimum atomic E-state index is -0.222. The third kappa shape index (κ3) is 2.88. The fourth-order valence-electron chi connectivity index (χ4n) is 1.17. The topological polar surface area (TPSA) is 83.8 Å². The number of nitrogens with zero attached hydrogens (tertiary/aromatic N) is 1. The van der Waals surface area contributed by atoms with Crippen LogP contribution in [0.25, 0.3) is 11.0 Å². The summed E-state index contributed by atoms with van der Waals surface area (Å²) >= 11 is 1.32. The summed E-state index contributed by atoms with van der Waals surface area (Å²) in [5, 5.41) is 0.722. The number of hydrogen-bond acceptors (Lipinski definition) is 4. The van der Waals surface area contributed by atoms with Crippen LogP contribution in [0.4, 0.5) is 0 Å². The maximum Gasteiger partial charge on any atom is 0.244 e. The maximum absolute atomic E-state index is 10.9. The van der Waals surface area contributed by atoms with Crippen LogP contribution in [0, 0.1) is 0 Å². The Morgan fingerprint density at radius 2 is 2.25 bits per heavy atom. The van der Waals surface area contributed by atoms with Gasteiger partial charge in [-0.3, -0.25) is 10.2 Å². The van der Waals surface area contributed by atoms with E-state index in [9.17, 15) is 4.79 Å². The van der Waals surface area contributed by atoms with E-state index in [0.717, 1.165) is 16.2 Å². The van der Waals surface area contributed by atoms with E-state index in [-0.39, 0.29) is 24.1 Å². The van der Waals surface area contributed by atoms with E-state index in [0.29, 0.717) is 0 Å². The second-order valence-electron chi connectivity index (χ2n) is 2.92. The highest BCUT2D eigenvalue weighted by molar-refractivity contribution is 7.99. The van der Waals surface area contributed by atoms with Crippen molar-refractivity contribution in [2.24, 2.45) is 5.84 Å². The highest BCUT2D eigenvalue weighted by Gasteiger charge is 2.04. The van der Waals surface area contributed by atoms with Gasteiger partial charge in [-0.25, -0.2) is 10.8 Å². The average molecular weight is 259 g/mol. The molecule has 0 saturated carbocycles. The van der Waals surface area contributed by atoms with Crippen molar-refractivity contribution in [3.63, 3.8) is 0 Å². The number of carbonyl (C=O) groups excluding carboxylic acids is 1. The van der Waals surface area contributed by atoms with E-state index in [1.165, 1.54) is 11.8 Å². The first-order valence-corrected chi connectivity index (χ1v) is 5.35. The Balaban J connectivity index is 0.00000128. The molecular formula is C9H11ClN4OS. The van der Waals surface area contributed by atoms with Crippen molar-refractivity contribution in [1.82, 2.24) is 15.4 Å². The van der Waals surface area contributed by atoms with Crippen molar-refractivity contribution in [1.29, 1.82) is 0 Å². The number of H-pyrrole nitrogens is 1. The lowest BCUT2D eigenvalue weighted by Gasteiger charge is -1.95. The molecule has 0 aliphatic heterocycles. The van der Waals surface area contributed by atoms with Gasteiger partial charge >= 0.3 is 0 Å². The second kappa shape index (κ2) is 5.74. The number of hydrazine groups is 1. The average Bonchev–Trinajstić information content (AvgIpc) is 2.68. The number of halogens is 1.